The molecule has 2 rings (SSSR count). The Bertz CT molecular complexity index is 539. The van der Waals surface area contributed by atoms with Crippen LogP contribution in [-0.4, -0.2) is 67.1 Å². The minimum Gasteiger partial charge on any atom is -0.378 e. The molecular formula is C19H37N7O2. The molecule has 0 aromatic carbocycles. The summed E-state index contributed by atoms with van der Waals surface area (Å²) in [6, 6.07) is 0.248. The highest BCUT2D eigenvalue weighted by Crippen LogP contribution is 2.23. The van der Waals surface area contributed by atoms with Crippen molar-refractivity contribution in [3.05, 3.63) is 0 Å². The Labute approximate surface area is 168 Å². The largest absolute Gasteiger partial charge is 0.378 e. The molecule has 9 nitrogen and oxygen atoms in total. The summed E-state index contributed by atoms with van der Waals surface area (Å²) in [5.41, 5.74) is 5.37. The first-order valence-electron chi connectivity index (χ1n) is 10.5. The number of nitrogens with two attached hydrogens (primary N) is 1. The van der Waals surface area contributed by atoms with E-state index in [0.29, 0.717) is 63.3 Å². The lowest BCUT2D eigenvalue weighted by molar-refractivity contribution is 0.0547. The van der Waals surface area contributed by atoms with Gasteiger partial charge in [0.15, 0.2) is 0 Å². The van der Waals surface area contributed by atoms with Crippen molar-refractivity contribution in [1.82, 2.24) is 15.0 Å². The lowest BCUT2D eigenvalue weighted by Crippen LogP contribution is -2.21. The number of hydrogen-bond donors (Lipinski definition) is 4. The van der Waals surface area contributed by atoms with Gasteiger partial charge in [-0.3, -0.25) is 0 Å². The van der Waals surface area contributed by atoms with E-state index in [0.717, 1.165) is 6.54 Å². The lowest BCUT2D eigenvalue weighted by Gasteiger charge is -2.22. The smallest absolute Gasteiger partial charge is 0.229 e. The lowest BCUT2D eigenvalue weighted by atomic mass is 9.89. The van der Waals surface area contributed by atoms with Gasteiger partial charge in [-0.1, -0.05) is 19.3 Å². The van der Waals surface area contributed by atoms with Crippen molar-refractivity contribution in [2.24, 2.45) is 11.7 Å². The minimum absolute atomic E-state index is 0.248. The van der Waals surface area contributed by atoms with Gasteiger partial charge < -0.3 is 31.2 Å². The van der Waals surface area contributed by atoms with Crippen LogP contribution in [0.15, 0.2) is 0 Å². The van der Waals surface area contributed by atoms with Gasteiger partial charge in [0.1, 0.15) is 0 Å². The first-order valence-corrected chi connectivity index (χ1v) is 10.5. The summed E-state index contributed by atoms with van der Waals surface area (Å²) >= 11 is 0. The third-order valence-electron chi connectivity index (χ3n) is 4.49. The van der Waals surface area contributed by atoms with E-state index in [1.807, 2.05) is 0 Å². The van der Waals surface area contributed by atoms with Gasteiger partial charge >= 0.3 is 0 Å². The van der Waals surface area contributed by atoms with E-state index < -0.39 is 0 Å². The Morgan fingerprint density at radius 2 is 1.54 bits per heavy atom. The van der Waals surface area contributed by atoms with E-state index in [-0.39, 0.29) is 6.04 Å². The summed E-state index contributed by atoms with van der Waals surface area (Å²) in [6.07, 6.45) is 6.58. The SMILES string of the molecule is CC(C)Nc1nc(NCCOCCOCCN)nc(NCC2CCCCC2)n1. The van der Waals surface area contributed by atoms with Gasteiger partial charge in [-0.15, -0.1) is 0 Å². The van der Waals surface area contributed by atoms with Gasteiger partial charge in [-0.05, 0) is 32.6 Å². The van der Waals surface area contributed by atoms with Crippen LogP contribution in [0.2, 0.25) is 0 Å². The molecule has 1 aromatic rings. The highest BCUT2D eigenvalue weighted by molar-refractivity contribution is 5.42. The second kappa shape index (κ2) is 13.5. The molecule has 0 bridgehead atoms. The van der Waals surface area contributed by atoms with Crippen LogP contribution in [0, 0.1) is 5.92 Å². The molecular weight excluding hydrogens is 358 g/mol. The summed E-state index contributed by atoms with van der Waals surface area (Å²) < 4.78 is 10.8. The molecule has 1 heterocycles. The normalized spacial score (nSPS) is 15.0. The van der Waals surface area contributed by atoms with Crippen LogP contribution >= 0.6 is 0 Å². The topological polar surface area (TPSA) is 119 Å². The Morgan fingerprint density at radius 3 is 2.21 bits per heavy atom. The van der Waals surface area contributed by atoms with E-state index in [1.54, 1.807) is 0 Å². The van der Waals surface area contributed by atoms with Gasteiger partial charge in [-0.2, -0.15) is 15.0 Å². The van der Waals surface area contributed by atoms with E-state index in [1.165, 1.54) is 32.1 Å². The Morgan fingerprint density at radius 1 is 0.893 bits per heavy atom. The number of nitrogens with one attached hydrogen (secondary N) is 3. The molecule has 160 valence electrons. The summed E-state index contributed by atoms with van der Waals surface area (Å²) in [7, 11) is 0. The minimum atomic E-state index is 0.248. The molecule has 0 amide bonds. The maximum Gasteiger partial charge on any atom is 0.229 e. The predicted molar refractivity (Wildman–Crippen MR) is 113 cm³/mol. The average Bonchev–Trinajstić information content (AvgIpc) is 2.69. The second-order valence-corrected chi connectivity index (χ2v) is 7.43. The number of aromatic nitrogens is 3. The maximum absolute atomic E-state index is 5.52. The molecule has 1 aliphatic rings. The van der Waals surface area contributed by atoms with Crippen LogP contribution < -0.4 is 21.7 Å². The molecule has 0 saturated heterocycles. The molecule has 5 N–H and O–H groups in total. The van der Waals surface area contributed by atoms with Crippen LogP contribution in [0.1, 0.15) is 46.0 Å². The van der Waals surface area contributed by atoms with Crippen molar-refractivity contribution in [2.45, 2.75) is 52.0 Å². The van der Waals surface area contributed by atoms with E-state index in [9.17, 15) is 0 Å². The molecule has 28 heavy (non-hydrogen) atoms. The fraction of sp³-hybridized carbons (Fsp3) is 0.842. The highest BCUT2D eigenvalue weighted by atomic mass is 16.5. The first kappa shape index (κ1) is 22.6. The summed E-state index contributed by atoms with van der Waals surface area (Å²) in [5, 5.41) is 9.86. The molecule has 0 radical (unpaired) electrons. The van der Waals surface area contributed by atoms with Crippen LogP contribution in [0.25, 0.3) is 0 Å². The Kier molecular flexibility index (Phi) is 10.9. The first-order chi connectivity index (χ1) is 13.7. The molecule has 1 saturated carbocycles. The van der Waals surface area contributed by atoms with Crippen molar-refractivity contribution in [2.75, 3.05) is 62.0 Å². The zero-order chi connectivity index (χ0) is 20.0. The fourth-order valence-corrected chi connectivity index (χ4v) is 3.12. The molecule has 1 fully saturated rings. The van der Waals surface area contributed by atoms with Crippen molar-refractivity contribution in [3.8, 4) is 0 Å². The molecule has 1 aliphatic carbocycles. The molecule has 1 aromatic heterocycles. The van der Waals surface area contributed by atoms with Gasteiger partial charge in [-0.25, -0.2) is 0 Å². The fourth-order valence-electron chi connectivity index (χ4n) is 3.12. The average molecular weight is 396 g/mol. The monoisotopic (exact) mass is 395 g/mol. The van der Waals surface area contributed by atoms with Crippen molar-refractivity contribution in [3.63, 3.8) is 0 Å². The molecule has 0 aliphatic heterocycles. The third kappa shape index (κ3) is 9.48. The number of ether oxygens (including phenoxy) is 2. The molecule has 9 heteroatoms. The van der Waals surface area contributed by atoms with Crippen LogP contribution in [0.3, 0.4) is 0 Å². The summed E-state index contributed by atoms with van der Waals surface area (Å²) in [5.74, 6) is 2.45. The molecule has 0 atom stereocenters. The van der Waals surface area contributed by atoms with Crippen molar-refractivity contribution >= 4 is 17.8 Å². The Hall–Kier alpha value is -1.71. The summed E-state index contributed by atoms with van der Waals surface area (Å²) in [6.45, 7) is 8.41. The number of rotatable bonds is 14. The molecule has 0 spiro atoms. The van der Waals surface area contributed by atoms with Crippen molar-refractivity contribution in [1.29, 1.82) is 0 Å². The predicted octanol–water partition coefficient (Wildman–Crippen LogP) is 2.09. The van der Waals surface area contributed by atoms with Gasteiger partial charge in [0.05, 0.1) is 26.4 Å². The van der Waals surface area contributed by atoms with E-state index >= 15 is 0 Å². The summed E-state index contributed by atoms with van der Waals surface area (Å²) in [4.78, 5) is 13.5. The van der Waals surface area contributed by atoms with Gasteiger partial charge in [0.25, 0.3) is 0 Å². The zero-order valence-electron chi connectivity index (χ0n) is 17.4. The maximum atomic E-state index is 5.52. The van der Waals surface area contributed by atoms with Gasteiger partial charge in [0.2, 0.25) is 17.8 Å². The zero-order valence-corrected chi connectivity index (χ0v) is 17.4. The number of nitrogens with zero attached hydrogens (tertiary/aromatic N) is 3. The van der Waals surface area contributed by atoms with Crippen LogP contribution in [0.5, 0.6) is 0 Å². The Balaban J connectivity index is 1.80. The standard InChI is InChI=1S/C19H37N7O2/c1-15(2)23-19-25-17(21-9-11-28-13-12-27-10-8-20)24-18(26-19)22-14-16-6-4-3-5-7-16/h15-16H,3-14,20H2,1-2H3,(H3,21,22,23,24,25,26). The highest BCUT2D eigenvalue weighted by Gasteiger charge is 2.14. The second-order valence-electron chi connectivity index (χ2n) is 7.43. The van der Waals surface area contributed by atoms with Crippen LogP contribution in [-0.2, 0) is 9.47 Å². The van der Waals surface area contributed by atoms with Crippen molar-refractivity contribution < 1.29 is 9.47 Å². The third-order valence-corrected chi connectivity index (χ3v) is 4.49. The number of hydrogen-bond acceptors (Lipinski definition) is 9. The van der Waals surface area contributed by atoms with E-state index in [4.69, 9.17) is 15.2 Å². The van der Waals surface area contributed by atoms with E-state index in [2.05, 4.69) is 44.7 Å². The van der Waals surface area contributed by atoms with Crippen LogP contribution in [0.4, 0.5) is 17.8 Å². The molecule has 0 unspecified atom stereocenters. The number of anilines is 3. The quantitative estimate of drug-likeness (QED) is 0.351. The van der Waals surface area contributed by atoms with Gasteiger partial charge in [0, 0.05) is 25.7 Å².